The molecule has 0 unspecified atom stereocenters. The maximum atomic E-state index is 11.7. The van der Waals surface area contributed by atoms with Crippen LogP contribution in [0.3, 0.4) is 0 Å². The number of nitrogens with zero attached hydrogens (tertiary/aromatic N) is 2. The topological polar surface area (TPSA) is 52.0 Å². The molecule has 1 heterocycles. The molecule has 1 aliphatic rings. The minimum atomic E-state index is -3.90. The number of rotatable bonds is 4. The first kappa shape index (κ1) is 15.3. The third-order valence-electron chi connectivity index (χ3n) is 3.33. The van der Waals surface area contributed by atoms with Crippen LogP contribution in [0.2, 0.25) is 5.15 Å². The monoisotopic (exact) mass is 408 g/mol. The SMILES string of the molecule is O=S(=O)(Cl)c1c(C2CC2)nn(Cc2ccc(Br)cc2)c1Cl. The van der Waals surface area contributed by atoms with Crippen LogP contribution in [0.1, 0.15) is 30.0 Å². The van der Waals surface area contributed by atoms with Gasteiger partial charge in [-0.1, -0.05) is 39.7 Å². The molecule has 1 aromatic heterocycles. The lowest BCUT2D eigenvalue weighted by Crippen LogP contribution is -2.02. The fourth-order valence-corrected chi connectivity index (χ4v) is 4.26. The normalized spacial score (nSPS) is 15.4. The zero-order chi connectivity index (χ0) is 15.2. The molecule has 0 amide bonds. The van der Waals surface area contributed by atoms with E-state index in [2.05, 4.69) is 21.0 Å². The Balaban J connectivity index is 2.01. The summed E-state index contributed by atoms with van der Waals surface area (Å²) in [6.45, 7) is 0.401. The summed E-state index contributed by atoms with van der Waals surface area (Å²) in [6, 6.07) is 7.67. The predicted molar refractivity (Wildman–Crippen MR) is 85.5 cm³/mol. The van der Waals surface area contributed by atoms with Crippen LogP contribution in [0.4, 0.5) is 0 Å². The van der Waals surface area contributed by atoms with E-state index in [1.807, 2.05) is 24.3 Å². The summed E-state index contributed by atoms with van der Waals surface area (Å²) in [5.74, 6) is 0.150. The van der Waals surface area contributed by atoms with E-state index in [0.29, 0.717) is 12.2 Å². The first-order valence-electron chi connectivity index (χ1n) is 6.31. The third kappa shape index (κ3) is 3.28. The van der Waals surface area contributed by atoms with Crippen molar-refractivity contribution >= 4 is 47.3 Å². The summed E-state index contributed by atoms with van der Waals surface area (Å²) in [4.78, 5) is -0.0366. The van der Waals surface area contributed by atoms with Crippen LogP contribution < -0.4 is 0 Å². The second kappa shape index (κ2) is 5.57. The molecule has 0 aliphatic heterocycles. The average molecular weight is 410 g/mol. The molecule has 1 aromatic carbocycles. The molecule has 8 heteroatoms. The van der Waals surface area contributed by atoms with Crippen molar-refractivity contribution in [3.05, 3.63) is 45.1 Å². The minimum Gasteiger partial charge on any atom is -0.248 e. The van der Waals surface area contributed by atoms with Gasteiger partial charge in [-0.2, -0.15) is 5.10 Å². The lowest BCUT2D eigenvalue weighted by molar-refractivity contribution is 0.608. The second-order valence-corrected chi connectivity index (χ2v) is 8.78. The van der Waals surface area contributed by atoms with Gasteiger partial charge < -0.3 is 0 Å². The zero-order valence-electron chi connectivity index (χ0n) is 10.8. The number of aromatic nitrogens is 2. The van der Waals surface area contributed by atoms with Crippen molar-refractivity contribution in [2.75, 3.05) is 0 Å². The molecular weight excluding hydrogens is 399 g/mol. The van der Waals surface area contributed by atoms with Gasteiger partial charge in [-0.3, -0.25) is 0 Å². The highest BCUT2D eigenvalue weighted by Crippen LogP contribution is 2.45. The van der Waals surface area contributed by atoms with Crippen molar-refractivity contribution in [2.45, 2.75) is 30.2 Å². The van der Waals surface area contributed by atoms with Gasteiger partial charge in [0.05, 0.1) is 12.2 Å². The van der Waals surface area contributed by atoms with Crippen molar-refractivity contribution in [2.24, 2.45) is 0 Å². The van der Waals surface area contributed by atoms with Gasteiger partial charge in [-0.15, -0.1) is 0 Å². The Labute approximate surface area is 140 Å². The predicted octanol–water partition coefficient (Wildman–Crippen LogP) is 4.15. The molecule has 21 heavy (non-hydrogen) atoms. The Morgan fingerprint density at radius 3 is 2.43 bits per heavy atom. The van der Waals surface area contributed by atoms with Gasteiger partial charge in [-0.05, 0) is 30.5 Å². The molecule has 1 saturated carbocycles. The summed E-state index contributed by atoms with van der Waals surface area (Å²) in [6.07, 6.45) is 1.84. The fraction of sp³-hybridized carbons (Fsp3) is 0.308. The molecule has 0 saturated heterocycles. The Bertz CT molecular complexity index is 783. The molecule has 0 spiro atoms. The number of benzene rings is 1. The van der Waals surface area contributed by atoms with Crippen LogP contribution in [0.15, 0.2) is 33.6 Å². The molecule has 112 valence electrons. The van der Waals surface area contributed by atoms with Crippen molar-refractivity contribution in [1.29, 1.82) is 0 Å². The first-order chi connectivity index (χ1) is 9.86. The van der Waals surface area contributed by atoms with Crippen LogP contribution in [0.5, 0.6) is 0 Å². The Morgan fingerprint density at radius 1 is 1.29 bits per heavy atom. The van der Waals surface area contributed by atoms with Crippen molar-refractivity contribution < 1.29 is 8.42 Å². The number of halogens is 3. The van der Waals surface area contributed by atoms with E-state index in [0.717, 1.165) is 22.9 Å². The fourth-order valence-electron chi connectivity index (χ4n) is 2.16. The summed E-state index contributed by atoms with van der Waals surface area (Å²) in [7, 11) is 1.61. The average Bonchev–Trinajstić information content (AvgIpc) is 3.17. The van der Waals surface area contributed by atoms with Crippen molar-refractivity contribution in [1.82, 2.24) is 9.78 Å². The van der Waals surface area contributed by atoms with E-state index in [-0.39, 0.29) is 16.0 Å². The van der Waals surface area contributed by atoms with E-state index in [9.17, 15) is 8.42 Å². The lowest BCUT2D eigenvalue weighted by atomic mass is 10.2. The van der Waals surface area contributed by atoms with Gasteiger partial charge in [0.2, 0.25) is 0 Å². The zero-order valence-corrected chi connectivity index (χ0v) is 14.7. The van der Waals surface area contributed by atoms with Gasteiger partial charge in [-0.25, -0.2) is 13.1 Å². The van der Waals surface area contributed by atoms with Crippen LogP contribution in [-0.4, -0.2) is 18.2 Å². The molecule has 0 radical (unpaired) electrons. The summed E-state index contributed by atoms with van der Waals surface area (Å²) < 4.78 is 25.9. The smallest absolute Gasteiger partial charge is 0.248 e. The molecule has 2 aromatic rings. The lowest BCUT2D eigenvalue weighted by Gasteiger charge is -2.03. The molecule has 4 nitrogen and oxygen atoms in total. The van der Waals surface area contributed by atoms with Crippen LogP contribution in [0, 0.1) is 0 Å². The maximum absolute atomic E-state index is 11.7. The Hall–Kier alpha value is -0.560. The van der Waals surface area contributed by atoms with E-state index < -0.39 is 9.05 Å². The second-order valence-electron chi connectivity index (χ2n) is 5.00. The van der Waals surface area contributed by atoms with E-state index in [1.54, 1.807) is 0 Å². The van der Waals surface area contributed by atoms with Gasteiger partial charge in [0.15, 0.2) is 0 Å². The molecule has 1 fully saturated rings. The standard InChI is InChI=1S/C13H11BrCl2N2O2S/c14-10-5-1-8(2-6-10)7-18-13(15)12(21(16,19)20)11(17-18)9-3-4-9/h1-2,5-6,9H,3-4,7H2. The molecule has 0 atom stereocenters. The quantitative estimate of drug-likeness (QED) is 0.712. The molecule has 3 rings (SSSR count). The van der Waals surface area contributed by atoms with Crippen LogP contribution in [-0.2, 0) is 15.6 Å². The first-order valence-corrected chi connectivity index (χ1v) is 9.79. The van der Waals surface area contributed by atoms with E-state index >= 15 is 0 Å². The summed E-state index contributed by atoms with van der Waals surface area (Å²) in [5.41, 5.74) is 1.47. The molecule has 0 N–H and O–H groups in total. The summed E-state index contributed by atoms with van der Waals surface area (Å²) >= 11 is 9.56. The largest absolute Gasteiger partial charge is 0.266 e. The van der Waals surface area contributed by atoms with Crippen LogP contribution >= 0.6 is 38.2 Å². The molecular formula is C13H11BrCl2N2O2S. The number of hydrogen-bond donors (Lipinski definition) is 0. The summed E-state index contributed by atoms with van der Waals surface area (Å²) in [5, 5.41) is 4.44. The molecule has 0 bridgehead atoms. The van der Waals surface area contributed by atoms with Crippen molar-refractivity contribution in [3.63, 3.8) is 0 Å². The maximum Gasteiger partial charge on any atom is 0.266 e. The highest BCUT2D eigenvalue weighted by molar-refractivity contribution is 9.10. The highest BCUT2D eigenvalue weighted by atomic mass is 79.9. The number of hydrogen-bond acceptors (Lipinski definition) is 3. The van der Waals surface area contributed by atoms with Gasteiger partial charge in [0, 0.05) is 21.1 Å². The highest BCUT2D eigenvalue weighted by Gasteiger charge is 2.36. The third-order valence-corrected chi connectivity index (χ3v) is 5.71. The Kier molecular flexibility index (Phi) is 4.07. The van der Waals surface area contributed by atoms with E-state index in [4.69, 9.17) is 22.3 Å². The van der Waals surface area contributed by atoms with Gasteiger partial charge in [0.1, 0.15) is 10.0 Å². The molecule has 1 aliphatic carbocycles. The van der Waals surface area contributed by atoms with Crippen molar-refractivity contribution in [3.8, 4) is 0 Å². The van der Waals surface area contributed by atoms with Gasteiger partial charge >= 0.3 is 0 Å². The minimum absolute atomic E-state index is 0.0366. The van der Waals surface area contributed by atoms with E-state index in [1.165, 1.54) is 4.68 Å². The Morgan fingerprint density at radius 2 is 1.90 bits per heavy atom. The van der Waals surface area contributed by atoms with Crippen LogP contribution in [0.25, 0.3) is 0 Å². The van der Waals surface area contributed by atoms with Gasteiger partial charge in [0.25, 0.3) is 9.05 Å².